The third kappa shape index (κ3) is 2.69. The zero-order valence-electron chi connectivity index (χ0n) is 8.31. The molecule has 0 bridgehead atoms. The molecule has 1 fully saturated rings. The molecule has 1 aromatic rings. The molecule has 0 unspecified atom stereocenters. The van der Waals surface area contributed by atoms with E-state index in [-0.39, 0.29) is 12.2 Å². The molecule has 2 rings (SSSR count). The second-order valence-electron chi connectivity index (χ2n) is 3.81. The van der Waals surface area contributed by atoms with Gasteiger partial charge in [-0.3, -0.25) is 4.98 Å². The van der Waals surface area contributed by atoms with Crippen molar-refractivity contribution in [2.75, 3.05) is 0 Å². The molecule has 0 spiro atoms. The predicted molar refractivity (Wildman–Crippen MR) is 49.1 cm³/mol. The Balaban J connectivity index is 2.09. The van der Waals surface area contributed by atoms with Crippen molar-refractivity contribution in [2.45, 2.75) is 31.6 Å². The zero-order chi connectivity index (χ0) is 11.8. The molecule has 2 nitrogen and oxygen atoms in total. The smallest absolute Gasteiger partial charge is 0.308 e. The minimum absolute atomic E-state index is 0.0277. The maximum absolute atomic E-state index is 13.2. The highest BCUT2D eigenvalue weighted by Crippen LogP contribution is 2.29. The Bertz CT molecular complexity index is 385. The van der Waals surface area contributed by atoms with E-state index in [1.807, 2.05) is 0 Å². The molecule has 0 amide bonds. The number of pyridine rings is 1. The molecule has 0 radical (unpaired) electrons. The van der Waals surface area contributed by atoms with E-state index in [1.165, 1.54) is 0 Å². The van der Waals surface area contributed by atoms with Crippen LogP contribution in [0.2, 0.25) is 0 Å². The van der Waals surface area contributed by atoms with Crippen molar-refractivity contribution < 1.29 is 17.6 Å². The van der Waals surface area contributed by atoms with E-state index in [4.69, 9.17) is 0 Å². The maximum Gasteiger partial charge on any atom is 0.417 e. The maximum atomic E-state index is 13.2. The highest BCUT2D eigenvalue weighted by atomic mass is 19.4. The molecule has 1 aliphatic rings. The van der Waals surface area contributed by atoms with Gasteiger partial charge >= 0.3 is 6.18 Å². The molecule has 0 aromatic carbocycles. The predicted octanol–water partition coefficient (Wildman–Crippen LogP) is 2.49. The van der Waals surface area contributed by atoms with Crippen LogP contribution in [0.15, 0.2) is 12.3 Å². The third-order valence-corrected chi connectivity index (χ3v) is 2.38. The molecule has 0 atom stereocenters. The summed E-state index contributed by atoms with van der Waals surface area (Å²) in [4.78, 5) is 3.49. The first-order valence-electron chi connectivity index (χ1n) is 4.92. The van der Waals surface area contributed by atoms with Crippen LogP contribution in [0.4, 0.5) is 17.6 Å². The van der Waals surface area contributed by atoms with Gasteiger partial charge in [0, 0.05) is 18.8 Å². The van der Waals surface area contributed by atoms with Gasteiger partial charge in [0.05, 0.1) is 11.3 Å². The fourth-order valence-electron chi connectivity index (χ4n) is 1.28. The van der Waals surface area contributed by atoms with Crippen molar-refractivity contribution in [1.29, 1.82) is 0 Å². The molecule has 1 N–H and O–H groups in total. The average Bonchev–Trinajstić information content (AvgIpc) is 2.98. The largest absolute Gasteiger partial charge is 0.417 e. The van der Waals surface area contributed by atoms with Crippen LogP contribution in [-0.2, 0) is 12.7 Å². The molecule has 1 aliphatic carbocycles. The van der Waals surface area contributed by atoms with Crippen LogP contribution >= 0.6 is 0 Å². The first kappa shape index (κ1) is 11.3. The Morgan fingerprint density at radius 2 is 2.06 bits per heavy atom. The van der Waals surface area contributed by atoms with Crippen LogP contribution < -0.4 is 5.32 Å². The lowest BCUT2D eigenvalue weighted by Crippen LogP contribution is -2.18. The number of halogens is 4. The van der Waals surface area contributed by atoms with E-state index in [9.17, 15) is 17.6 Å². The summed E-state index contributed by atoms with van der Waals surface area (Å²) in [6, 6.07) is 0.847. The highest BCUT2D eigenvalue weighted by Gasteiger charge is 2.32. The van der Waals surface area contributed by atoms with E-state index >= 15 is 0 Å². The fraction of sp³-hybridized carbons (Fsp3) is 0.500. The van der Waals surface area contributed by atoms with Crippen LogP contribution in [0.25, 0.3) is 0 Å². The topological polar surface area (TPSA) is 24.9 Å². The summed E-state index contributed by atoms with van der Waals surface area (Å²) in [5, 5.41) is 2.99. The van der Waals surface area contributed by atoms with Crippen molar-refractivity contribution in [3.05, 3.63) is 29.3 Å². The van der Waals surface area contributed by atoms with Crippen LogP contribution in [0, 0.1) is 5.82 Å². The van der Waals surface area contributed by atoms with Gasteiger partial charge in [-0.1, -0.05) is 0 Å². The molecule has 0 saturated heterocycles. The summed E-state index contributed by atoms with van der Waals surface area (Å²) in [5.74, 6) is -0.914. The standard InChI is InChI=1S/C10H10F4N2/c11-8-3-6(10(12,13)14)4-16-9(8)5-15-7-1-2-7/h3-4,7,15H,1-2,5H2. The Labute approximate surface area is 89.7 Å². The molecule has 0 aliphatic heterocycles. The van der Waals surface area contributed by atoms with Crippen molar-refractivity contribution in [1.82, 2.24) is 10.3 Å². The van der Waals surface area contributed by atoms with Crippen molar-refractivity contribution in [3.63, 3.8) is 0 Å². The molecule has 88 valence electrons. The third-order valence-electron chi connectivity index (χ3n) is 2.38. The number of hydrogen-bond acceptors (Lipinski definition) is 2. The molecule has 1 saturated carbocycles. The van der Waals surface area contributed by atoms with Crippen molar-refractivity contribution >= 4 is 0 Å². The van der Waals surface area contributed by atoms with Crippen molar-refractivity contribution in [3.8, 4) is 0 Å². The van der Waals surface area contributed by atoms with Gasteiger partial charge in [0.15, 0.2) is 0 Å². The van der Waals surface area contributed by atoms with Crippen LogP contribution in [0.3, 0.4) is 0 Å². The Morgan fingerprint density at radius 3 is 2.56 bits per heavy atom. The second kappa shape index (κ2) is 4.01. The molecule has 1 aromatic heterocycles. The van der Waals surface area contributed by atoms with Gasteiger partial charge in [-0.05, 0) is 18.9 Å². The van der Waals surface area contributed by atoms with E-state index in [0.29, 0.717) is 18.3 Å². The van der Waals surface area contributed by atoms with Crippen LogP contribution in [0.1, 0.15) is 24.1 Å². The average molecular weight is 234 g/mol. The lowest BCUT2D eigenvalue weighted by Gasteiger charge is -2.08. The first-order valence-corrected chi connectivity index (χ1v) is 4.92. The minimum atomic E-state index is -4.55. The summed E-state index contributed by atoms with van der Waals surface area (Å²) in [7, 11) is 0. The van der Waals surface area contributed by atoms with Gasteiger partial charge in [0.1, 0.15) is 5.82 Å². The van der Waals surface area contributed by atoms with E-state index in [2.05, 4.69) is 10.3 Å². The van der Waals surface area contributed by atoms with E-state index in [1.54, 1.807) is 0 Å². The van der Waals surface area contributed by atoms with Gasteiger partial charge < -0.3 is 5.32 Å². The van der Waals surface area contributed by atoms with E-state index < -0.39 is 17.6 Å². The number of alkyl halides is 3. The fourth-order valence-corrected chi connectivity index (χ4v) is 1.28. The van der Waals surface area contributed by atoms with Gasteiger partial charge in [-0.2, -0.15) is 13.2 Å². The number of nitrogens with one attached hydrogen (secondary N) is 1. The molecular weight excluding hydrogens is 224 g/mol. The first-order chi connectivity index (χ1) is 7.47. The lowest BCUT2D eigenvalue weighted by molar-refractivity contribution is -0.138. The molecule has 16 heavy (non-hydrogen) atoms. The Kier molecular flexibility index (Phi) is 2.84. The van der Waals surface area contributed by atoms with Gasteiger partial charge in [0.2, 0.25) is 0 Å². The molecule has 6 heteroatoms. The zero-order valence-corrected chi connectivity index (χ0v) is 8.31. The summed E-state index contributed by atoms with van der Waals surface area (Å²) >= 11 is 0. The van der Waals surface area contributed by atoms with Gasteiger partial charge in [0.25, 0.3) is 0 Å². The molecular formula is C10H10F4N2. The van der Waals surface area contributed by atoms with Crippen molar-refractivity contribution in [2.24, 2.45) is 0 Å². The minimum Gasteiger partial charge on any atom is -0.308 e. The lowest BCUT2D eigenvalue weighted by atomic mass is 10.2. The quantitative estimate of drug-likeness (QED) is 0.813. The summed E-state index contributed by atoms with van der Waals surface area (Å²) in [6.07, 6.45) is -1.83. The number of nitrogens with zero attached hydrogens (tertiary/aromatic N) is 1. The second-order valence-corrected chi connectivity index (χ2v) is 3.81. The normalized spacial score (nSPS) is 16.5. The Hall–Kier alpha value is -1.17. The SMILES string of the molecule is Fc1cc(C(F)(F)F)cnc1CNC1CC1. The number of aromatic nitrogens is 1. The highest BCUT2D eigenvalue weighted by molar-refractivity contribution is 5.19. The summed E-state index contributed by atoms with van der Waals surface area (Å²) in [6.45, 7) is 0.175. The van der Waals surface area contributed by atoms with Crippen LogP contribution in [-0.4, -0.2) is 11.0 Å². The van der Waals surface area contributed by atoms with E-state index in [0.717, 1.165) is 12.8 Å². The monoisotopic (exact) mass is 234 g/mol. The number of hydrogen-bond donors (Lipinski definition) is 1. The Morgan fingerprint density at radius 1 is 1.38 bits per heavy atom. The number of rotatable bonds is 3. The van der Waals surface area contributed by atoms with Gasteiger partial charge in [-0.25, -0.2) is 4.39 Å². The summed E-state index contributed by atoms with van der Waals surface area (Å²) in [5.41, 5.74) is -1.03. The van der Waals surface area contributed by atoms with Crippen LogP contribution in [0.5, 0.6) is 0 Å². The molecule has 1 heterocycles. The van der Waals surface area contributed by atoms with Gasteiger partial charge in [-0.15, -0.1) is 0 Å². The summed E-state index contributed by atoms with van der Waals surface area (Å²) < 4.78 is 49.9.